The minimum atomic E-state index is -0.544. The highest BCUT2D eigenvalue weighted by Crippen LogP contribution is 2.30. The van der Waals surface area contributed by atoms with E-state index in [0.29, 0.717) is 19.7 Å². The van der Waals surface area contributed by atoms with Gasteiger partial charge in [-0.05, 0) is 0 Å². The van der Waals surface area contributed by atoms with Crippen LogP contribution in [0.2, 0.25) is 0 Å². The number of thiazole rings is 1. The van der Waals surface area contributed by atoms with Crippen LogP contribution < -0.4 is 0 Å². The van der Waals surface area contributed by atoms with Crippen LogP contribution in [0.15, 0.2) is 11.6 Å². The van der Waals surface area contributed by atoms with E-state index in [0.717, 1.165) is 11.6 Å². The molecule has 1 fully saturated rings. The Hall–Kier alpha value is -1.05. The third kappa shape index (κ3) is 2.80. The highest BCUT2D eigenvalue weighted by Gasteiger charge is 2.42. The average molecular weight is 257 g/mol. The van der Waals surface area contributed by atoms with Crippen molar-refractivity contribution < 1.29 is 9.66 Å². The molecule has 2 unspecified atom stereocenters. The van der Waals surface area contributed by atoms with E-state index in [9.17, 15) is 10.1 Å². The summed E-state index contributed by atoms with van der Waals surface area (Å²) in [5, 5.41) is 13.8. The highest BCUT2D eigenvalue weighted by molar-refractivity contribution is 7.09. The third-order valence-corrected chi connectivity index (χ3v) is 3.92. The van der Waals surface area contributed by atoms with Crippen molar-refractivity contribution in [2.45, 2.75) is 12.0 Å². The lowest BCUT2D eigenvalue weighted by Gasteiger charge is -2.12. The summed E-state index contributed by atoms with van der Waals surface area (Å²) < 4.78 is 5.00. The minimum absolute atomic E-state index is 0.0816. The zero-order valence-corrected chi connectivity index (χ0v) is 10.4. The third-order valence-electron chi connectivity index (χ3n) is 3.02. The van der Waals surface area contributed by atoms with Crippen LogP contribution in [0.3, 0.4) is 0 Å². The lowest BCUT2D eigenvalue weighted by molar-refractivity contribution is -0.521. The highest BCUT2D eigenvalue weighted by atomic mass is 32.1. The van der Waals surface area contributed by atoms with Gasteiger partial charge in [-0.1, -0.05) is 0 Å². The molecule has 94 valence electrons. The summed E-state index contributed by atoms with van der Waals surface area (Å²) in [6.45, 7) is 2.53. The molecule has 7 heteroatoms. The minimum Gasteiger partial charge on any atom is -0.383 e. The first-order valence-electron chi connectivity index (χ1n) is 5.46. The predicted molar refractivity (Wildman–Crippen MR) is 64.0 cm³/mol. The Morgan fingerprint density at radius 2 is 2.53 bits per heavy atom. The van der Waals surface area contributed by atoms with Gasteiger partial charge in [0.15, 0.2) is 0 Å². The molecule has 6 nitrogen and oxygen atoms in total. The normalized spacial score (nSPS) is 25.2. The molecule has 2 rings (SSSR count). The van der Waals surface area contributed by atoms with Crippen molar-refractivity contribution >= 4 is 11.3 Å². The van der Waals surface area contributed by atoms with E-state index < -0.39 is 6.04 Å². The van der Waals surface area contributed by atoms with Crippen LogP contribution in [0.4, 0.5) is 0 Å². The van der Waals surface area contributed by atoms with Crippen LogP contribution >= 0.6 is 11.3 Å². The molecule has 0 N–H and O–H groups in total. The number of hydrogen-bond acceptors (Lipinski definition) is 6. The number of rotatable bonds is 5. The van der Waals surface area contributed by atoms with E-state index in [1.807, 2.05) is 5.38 Å². The fourth-order valence-corrected chi connectivity index (χ4v) is 2.93. The first-order chi connectivity index (χ1) is 8.22. The van der Waals surface area contributed by atoms with Gasteiger partial charge in [0.25, 0.3) is 0 Å². The molecular weight excluding hydrogens is 242 g/mol. The number of nitro groups is 1. The SMILES string of the molecule is COCCN1CC(c2nccs2)C([N+](=O)[O-])C1. The fourth-order valence-electron chi connectivity index (χ4n) is 2.14. The Kier molecular flexibility index (Phi) is 4.03. The molecule has 1 aliphatic rings. The van der Waals surface area contributed by atoms with E-state index in [4.69, 9.17) is 4.74 Å². The second-order valence-corrected chi connectivity index (χ2v) is 5.01. The second kappa shape index (κ2) is 5.52. The molecule has 1 aromatic heterocycles. The summed E-state index contributed by atoms with van der Waals surface area (Å²) in [6.07, 6.45) is 1.70. The first kappa shape index (κ1) is 12.4. The van der Waals surface area contributed by atoms with Crippen LogP contribution in [-0.4, -0.2) is 54.2 Å². The van der Waals surface area contributed by atoms with Gasteiger partial charge in [-0.15, -0.1) is 11.3 Å². The van der Waals surface area contributed by atoms with Gasteiger partial charge in [-0.25, -0.2) is 4.98 Å². The van der Waals surface area contributed by atoms with Gasteiger partial charge in [-0.3, -0.25) is 15.0 Å². The Morgan fingerprint density at radius 3 is 3.12 bits per heavy atom. The number of methoxy groups -OCH3 is 1. The maximum Gasteiger partial charge on any atom is 0.235 e. The summed E-state index contributed by atoms with van der Waals surface area (Å²) in [5.41, 5.74) is 0. The van der Waals surface area contributed by atoms with E-state index in [1.54, 1.807) is 13.3 Å². The number of likely N-dealkylation sites (tertiary alicyclic amines) is 1. The molecule has 17 heavy (non-hydrogen) atoms. The molecular formula is C10H15N3O3S. The van der Waals surface area contributed by atoms with Crippen molar-refractivity contribution in [1.82, 2.24) is 9.88 Å². The number of ether oxygens (including phenoxy) is 1. The molecule has 2 atom stereocenters. The molecule has 1 aliphatic heterocycles. The Morgan fingerprint density at radius 1 is 1.71 bits per heavy atom. The molecule has 0 aromatic carbocycles. The molecule has 0 amide bonds. The van der Waals surface area contributed by atoms with Crippen LogP contribution in [0.1, 0.15) is 10.9 Å². The fraction of sp³-hybridized carbons (Fsp3) is 0.700. The molecule has 0 bridgehead atoms. The Balaban J connectivity index is 2.06. The largest absolute Gasteiger partial charge is 0.383 e. The van der Waals surface area contributed by atoms with Crippen LogP contribution in [0.5, 0.6) is 0 Å². The lowest BCUT2D eigenvalue weighted by Crippen LogP contribution is -2.29. The van der Waals surface area contributed by atoms with Crippen molar-refractivity contribution in [2.75, 3.05) is 33.4 Å². The standard InChI is InChI=1S/C10H15N3O3S/c1-16-4-3-12-6-8(9(7-12)13(14)15)10-11-2-5-17-10/h2,5,8-9H,3-4,6-7H2,1H3. The van der Waals surface area contributed by atoms with Gasteiger partial charge in [0, 0.05) is 36.7 Å². The van der Waals surface area contributed by atoms with Crippen molar-refractivity contribution in [3.63, 3.8) is 0 Å². The van der Waals surface area contributed by atoms with Gasteiger partial charge in [-0.2, -0.15) is 0 Å². The van der Waals surface area contributed by atoms with E-state index in [1.165, 1.54) is 11.3 Å². The van der Waals surface area contributed by atoms with E-state index in [-0.39, 0.29) is 10.8 Å². The molecule has 0 aliphatic carbocycles. The lowest BCUT2D eigenvalue weighted by atomic mass is 10.1. The molecule has 0 radical (unpaired) electrons. The zero-order chi connectivity index (χ0) is 12.3. The second-order valence-electron chi connectivity index (χ2n) is 4.08. The van der Waals surface area contributed by atoms with Gasteiger partial charge in [0.1, 0.15) is 5.01 Å². The quantitative estimate of drug-likeness (QED) is 0.577. The average Bonchev–Trinajstić information content (AvgIpc) is 2.94. The molecule has 1 aromatic rings. The topological polar surface area (TPSA) is 68.5 Å². The van der Waals surface area contributed by atoms with Crippen molar-refractivity contribution in [3.05, 3.63) is 26.7 Å². The van der Waals surface area contributed by atoms with Gasteiger partial charge in [0.2, 0.25) is 6.04 Å². The molecule has 2 heterocycles. The monoisotopic (exact) mass is 257 g/mol. The number of nitrogens with zero attached hydrogens (tertiary/aromatic N) is 3. The van der Waals surface area contributed by atoms with E-state index >= 15 is 0 Å². The van der Waals surface area contributed by atoms with E-state index in [2.05, 4.69) is 9.88 Å². The van der Waals surface area contributed by atoms with Crippen LogP contribution in [-0.2, 0) is 4.74 Å². The van der Waals surface area contributed by atoms with Gasteiger partial charge >= 0.3 is 0 Å². The summed E-state index contributed by atoms with van der Waals surface area (Å²) in [5.74, 6) is -0.0816. The van der Waals surface area contributed by atoms with Gasteiger partial charge in [0.05, 0.1) is 19.1 Å². The van der Waals surface area contributed by atoms with Gasteiger partial charge < -0.3 is 4.74 Å². The number of hydrogen-bond donors (Lipinski definition) is 0. The summed E-state index contributed by atoms with van der Waals surface area (Å²) >= 11 is 1.49. The smallest absolute Gasteiger partial charge is 0.235 e. The Labute approximate surface area is 103 Å². The maximum atomic E-state index is 11.1. The van der Waals surface area contributed by atoms with Crippen molar-refractivity contribution in [2.24, 2.45) is 0 Å². The first-order valence-corrected chi connectivity index (χ1v) is 6.34. The summed E-state index contributed by atoms with van der Waals surface area (Å²) in [7, 11) is 1.64. The maximum absolute atomic E-state index is 11.1. The molecule has 0 saturated carbocycles. The van der Waals surface area contributed by atoms with Crippen molar-refractivity contribution in [1.29, 1.82) is 0 Å². The summed E-state index contributed by atoms with van der Waals surface area (Å²) in [4.78, 5) is 17.1. The molecule has 0 spiro atoms. The van der Waals surface area contributed by atoms with Crippen molar-refractivity contribution in [3.8, 4) is 0 Å². The molecule has 1 saturated heterocycles. The Bertz CT molecular complexity index is 371. The number of aromatic nitrogens is 1. The van der Waals surface area contributed by atoms with Crippen LogP contribution in [0, 0.1) is 10.1 Å². The summed E-state index contributed by atoms with van der Waals surface area (Å²) in [6, 6.07) is -0.544. The zero-order valence-electron chi connectivity index (χ0n) is 9.61. The van der Waals surface area contributed by atoms with Crippen LogP contribution in [0.25, 0.3) is 0 Å². The predicted octanol–water partition coefficient (Wildman–Crippen LogP) is 0.834.